The van der Waals surface area contributed by atoms with Gasteiger partial charge in [-0.05, 0) is 64.1 Å². The number of hydrogen-bond donors (Lipinski definition) is 1. The molecule has 0 bridgehead atoms. The first kappa shape index (κ1) is 28.7. The highest BCUT2D eigenvalue weighted by molar-refractivity contribution is 5.89. The maximum atomic E-state index is 13.3. The highest BCUT2D eigenvalue weighted by atomic mass is 16.5. The molecule has 0 radical (unpaired) electrons. The van der Waals surface area contributed by atoms with Crippen molar-refractivity contribution in [2.45, 2.75) is 51.2 Å². The standard InChI is InChI=1S/C31H33N7O4/c1-3-7-27(39)38-29(34-35-36-38)26-9-5-4-8-25(26)24-12-10-23(11-13-24)21-33-31(30(41)42-2)16-6-19-37(31)28(40)20-22-14-17-32-18-15-22/h4-5,8-15,17-18,33H,3,6-7,16,19-21H2,1-2H3. The molecule has 1 aliphatic rings. The number of benzene rings is 2. The molecular weight excluding hydrogens is 534 g/mol. The lowest BCUT2D eigenvalue weighted by molar-refractivity contribution is -0.162. The number of rotatable bonds is 10. The van der Waals surface area contributed by atoms with Gasteiger partial charge in [0.05, 0.1) is 13.5 Å². The van der Waals surface area contributed by atoms with E-state index in [2.05, 4.69) is 25.8 Å². The quantitative estimate of drug-likeness (QED) is 0.225. The van der Waals surface area contributed by atoms with Crippen molar-refractivity contribution in [1.82, 2.24) is 35.4 Å². The van der Waals surface area contributed by atoms with Gasteiger partial charge in [0, 0.05) is 37.5 Å². The molecule has 1 fully saturated rings. The van der Waals surface area contributed by atoms with Gasteiger partial charge in [-0.25, -0.2) is 4.79 Å². The van der Waals surface area contributed by atoms with Gasteiger partial charge in [-0.15, -0.1) is 5.10 Å². The van der Waals surface area contributed by atoms with Crippen LogP contribution in [0.4, 0.5) is 0 Å². The number of esters is 1. The molecule has 1 atom stereocenters. The van der Waals surface area contributed by atoms with Gasteiger partial charge in [0.25, 0.3) is 0 Å². The van der Waals surface area contributed by atoms with Gasteiger partial charge in [-0.3, -0.25) is 19.9 Å². The van der Waals surface area contributed by atoms with E-state index in [1.165, 1.54) is 11.8 Å². The van der Waals surface area contributed by atoms with E-state index in [0.29, 0.717) is 44.6 Å². The number of pyridine rings is 1. The Balaban J connectivity index is 1.35. The number of carbonyl (C=O) groups excluding carboxylic acids is 3. The lowest BCUT2D eigenvalue weighted by Gasteiger charge is -2.37. The molecule has 11 heteroatoms. The molecule has 11 nitrogen and oxygen atoms in total. The Morgan fingerprint density at radius 1 is 0.952 bits per heavy atom. The molecule has 0 spiro atoms. The number of nitrogens with one attached hydrogen (secondary N) is 1. The minimum absolute atomic E-state index is 0.150. The maximum absolute atomic E-state index is 13.3. The summed E-state index contributed by atoms with van der Waals surface area (Å²) in [4.78, 5) is 44.6. The lowest BCUT2D eigenvalue weighted by atomic mass is 9.98. The topological polar surface area (TPSA) is 132 Å². The van der Waals surface area contributed by atoms with Crippen molar-refractivity contribution in [2.24, 2.45) is 0 Å². The summed E-state index contributed by atoms with van der Waals surface area (Å²) in [6.07, 6.45) is 5.65. The maximum Gasteiger partial charge on any atom is 0.347 e. The summed E-state index contributed by atoms with van der Waals surface area (Å²) in [5.41, 5.74) is 3.07. The third-order valence-corrected chi connectivity index (χ3v) is 7.50. The summed E-state index contributed by atoms with van der Waals surface area (Å²) in [6, 6.07) is 19.1. The molecular formula is C31H33N7O4. The van der Waals surface area contributed by atoms with E-state index in [9.17, 15) is 14.4 Å². The van der Waals surface area contributed by atoms with Crippen LogP contribution in [0.1, 0.15) is 48.5 Å². The molecule has 4 aromatic rings. The second-order valence-electron chi connectivity index (χ2n) is 10.2. The lowest BCUT2D eigenvalue weighted by Crippen LogP contribution is -2.62. The van der Waals surface area contributed by atoms with E-state index in [1.807, 2.05) is 55.5 Å². The molecule has 1 amide bonds. The van der Waals surface area contributed by atoms with Crippen LogP contribution in [0, 0.1) is 0 Å². The number of amides is 1. The second kappa shape index (κ2) is 12.8. The minimum Gasteiger partial charge on any atom is -0.466 e. The molecule has 2 aromatic carbocycles. The minimum atomic E-state index is -1.24. The fourth-order valence-electron chi connectivity index (χ4n) is 5.39. The van der Waals surface area contributed by atoms with Gasteiger partial charge < -0.3 is 9.64 Å². The van der Waals surface area contributed by atoms with Crippen molar-refractivity contribution in [1.29, 1.82) is 0 Å². The third kappa shape index (κ3) is 5.82. The summed E-state index contributed by atoms with van der Waals surface area (Å²) in [5.74, 6) is -0.395. The van der Waals surface area contributed by atoms with E-state index in [0.717, 1.165) is 27.8 Å². The number of carbonyl (C=O) groups is 3. The van der Waals surface area contributed by atoms with E-state index < -0.39 is 11.6 Å². The molecule has 1 N–H and O–H groups in total. The third-order valence-electron chi connectivity index (χ3n) is 7.50. The first-order chi connectivity index (χ1) is 20.5. The Morgan fingerprint density at radius 2 is 1.69 bits per heavy atom. The first-order valence-electron chi connectivity index (χ1n) is 14.0. The molecule has 1 aliphatic heterocycles. The van der Waals surface area contributed by atoms with Crippen molar-refractivity contribution in [3.63, 3.8) is 0 Å². The molecule has 1 saturated heterocycles. The molecule has 0 saturated carbocycles. The zero-order valence-corrected chi connectivity index (χ0v) is 23.7. The van der Waals surface area contributed by atoms with Crippen LogP contribution in [0.5, 0.6) is 0 Å². The van der Waals surface area contributed by atoms with E-state index in [1.54, 1.807) is 29.4 Å². The summed E-state index contributed by atoms with van der Waals surface area (Å²) >= 11 is 0. The zero-order valence-electron chi connectivity index (χ0n) is 23.7. The second-order valence-corrected chi connectivity index (χ2v) is 10.2. The van der Waals surface area contributed by atoms with E-state index in [-0.39, 0.29) is 18.2 Å². The summed E-state index contributed by atoms with van der Waals surface area (Å²) in [6.45, 7) is 2.74. The number of methoxy groups -OCH3 is 1. The van der Waals surface area contributed by atoms with Gasteiger partial charge >= 0.3 is 5.97 Å². The fourth-order valence-corrected chi connectivity index (χ4v) is 5.39. The van der Waals surface area contributed by atoms with Crippen LogP contribution < -0.4 is 5.32 Å². The van der Waals surface area contributed by atoms with Crippen LogP contribution in [0.2, 0.25) is 0 Å². The Hall–Kier alpha value is -4.77. The molecule has 0 aliphatic carbocycles. The summed E-state index contributed by atoms with van der Waals surface area (Å²) in [7, 11) is 1.34. The number of hydrogen-bond acceptors (Lipinski definition) is 9. The Labute approximate surface area is 243 Å². The number of nitrogens with zero attached hydrogens (tertiary/aromatic N) is 6. The number of ether oxygens (including phenoxy) is 1. The van der Waals surface area contributed by atoms with Crippen molar-refractivity contribution in [2.75, 3.05) is 13.7 Å². The number of likely N-dealkylation sites (tertiary alicyclic amines) is 1. The average molecular weight is 568 g/mol. The molecule has 1 unspecified atom stereocenters. The highest BCUT2D eigenvalue weighted by Gasteiger charge is 2.50. The fraction of sp³-hybridized carbons (Fsp3) is 0.323. The number of tetrazole rings is 1. The monoisotopic (exact) mass is 567 g/mol. The van der Waals surface area contributed by atoms with Crippen LogP contribution in [-0.4, -0.2) is 67.2 Å². The van der Waals surface area contributed by atoms with Crippen molar-refractivity contribution >= 4 is 17.8 Å². The Morgan fingerprint density at radius 3 is 2.40 bits per heavy atom. The van der Waals surface area contributed by atoms with Gasteiger partial charge in [-0.2, -0.15) is 4.68 Å². The van der Waals surface area contributed by atoms with Gasteiger partial charge in [0.15, 0.2) is 11.5 Å². The average Bonchev–Trinajstić information content (AvgIpc) is 3.69. The van der Waals surface area contributed by atoms with Gasteiger partial charge in [-0.1, -0.05) is 55.5 Å². The number of aromatic nitrogens is 5. The molecule has 42 heavy (non-hydrogen) atoms. The summed E-state index contributed by atoms with van der Waals surface area (Å²) in [5, 5.41) is 15.2. The Bertz CT molecular complexity index is 1560. The van der Waals surface area contributed by atoms with Crippen LogP contribution in [0.3, 0.4) is 0 Å². The van der Waals surface area contributed by atoms with Crippen LogP contribution in [0.15, 0.2) is 73.1 Å². The molecule has 2 aromatic heterocycles. The van der Waals surface area contributed by atoms with E-state index in [4.69, 9.17) is 4.74 Å². The molecule has 3 heterocycles. The SMILES string of the molecule is CCCC(=O)n1nnnc1-c1ccccc1-c1ccc(CNC2(C(=O)OC)CCCN2C(=O)Cc2ccncc2)cc1. The van der Waals surface area contributed by atoms with Gasteiger partial charge in [0.2, 0.25) is 11.8 Å². The zero-order chi connectivity index (χ0) is 29.5. The normalized spacial score (nSPS) is 16.4. The smallest absolute Gasteiger partial charge is 0.347 e. The molecule has 5 rings (SSSR count). The Kier molecular flexibility index (Phi) is 8.77. The highest BCUT2D eigenvalue weighted by Crippen LogP contribution is 2.32. The first-order valence-corrected chi connectivity index (χ1v) is 14.0. The van der Waals surface area contributed by atoms with Crippen molar-refractivity contribution < 1.29 is 19.1 Å². The van der Waals surface area contributed by atoms with Gasteiger partial charge in [0.1, 0.15) is 0 Å². The van der Waals surface area contributed by atoms with Crippen LogP contribution in [-0.2, 0) is 27.3 Å². The predicted octanol–water partition coefficient (Wildman–Crippen LogP) is 3.67. The molecule has 216 valence electrons. The van der Waals surface area contributed by atoms with Crippen LogP contribution >= 0.6 is 0 Å². The van der Waals surface area contributed by atoms with Crippen molar-refractivity contribution in [3.05, 3.63) is 84.2 Å². The largest absolute Gasteiger partial charge is 0.466 e. The predicted molar refractivity (Wildman–Crippen MR) is 155 cm³/mol. The van der Waals surface area contributed by atoms with Crippen molar-refractivity contribution in [3.8, 4) is 22.5 Å². The van der Waals surface area contributed by atoms with Crippen LogP contribution in [0.25, 0.3) is 22.5 Å². The van der Waals surface area contributed by atoms with E-state index >= 15 is 0 Å². The summed E-state index contributed by atoms with van der Waals surface area (Å²) < 4.78 is 6.44.